The average molecular weight is 375 g/mol. The van der Waals surface area contributed by atoms with Gasteiger partial charge in [-0.05, 0) is 49.3 Å². The Morgan fingerprint density at radius 1 is 1.29 bits per heavy atom. The molecule has 1 saturated heterocycles. The van der Waals surface area contributed by atoms with Gasteiger partial charge in [-0.15, -0.1) is 11.8 Å². The lowest BCUT2D eigenvalue weighted by Gasteiger charge is -2.29. The van der Waals surface area contributed by atoms with Crippen LogP contribution in [0, 0.1) is 11.7 Å². The maximum atomic E-state index is 12.8. The first-order valence-corrected chi connectivity index (χ1v) is 10.8. The van der Waals surface area contributed by atoms with E-state index in [0.29, 0.717) is 32.5 Å². The maximum Gasteiger partial charge on any atom is 0.223 e. The third-order valence-corrected chi connectivity index (χ3v) is 6.40. The lowest BCUT2D eigenvalue weighted by molar-refractivity contribution is -0.126. The third kappa shape index (κ3) is 6.07. The molecule has 1 heterocycles. The topological polar surface area (TPSA) is 66.5 Å². The van der Waals surface area contributed by atoms with Crippen molar-refractivity contribution in [1.29, 1.82) is 0 Å². The molecule has 1 fully saturated rings. The minimum absolute atomic E-state index is 0.00920. The Balaban J connectivity index is 1.61. The summed E-state index contributed by atoms with van der Waals surface area (Å²) in [5, 5.41) is 2.92. The average Bonchev–Trinajstić information content (AvgIpc) is 2.55. The number of hydrogen-bond acceptors (Lipinski definition) is 4. The summed E-state index contributed by atoms with van der Waals surface area (Å²) < 4.78 is 37.1. The standard InChI is InChI=1S/C16H23FN2O3S2/c1-24(21,22)19-10-7-13(8-11-19)16(20)18-9-2-12-23-15-5-3-14(17)4-6-15/h3-6,13H,2,7-12H2,1H3,(H,18,20). The number of halogens is 1. The van der Waals surface area contributed by atoms with Gasteiger partial charge in [0.05, 0.1) is 6.26 Å². The van der Waals surface area contributed by atoms with Gasteiger partial charge in [-0.1, -0.05) is 0 Å². The van der Waals surface area contributed by atoms with Crippen molar-refractivity contribution in [2.75, 3.05) is 31.6 Å². The summed E-state index contributed by atoms with van der Waals surface area (Å²) in [5.41, 5.74) is 0. The van der Waals surface area contributed by atoms with E-state index in [1.165, 1.54) is 22.7 Å². The van der Waals surface area contributed by atoms with Crippen LogP contribution < -0.4 is 5.32 Å². The van der Waals surface area contributed by atoms with E-state index in [2.05, 4.69) is 5.32 Å². The molecule has 1 aliphatic heterocycles. The number of thioether (sulfide) groups is 1. The highest BCUT2D eigenvalue weighted by Crippen LogP contribution is 2.20. The highest BCUT2D eigenvalue weighted by Gasteiger charge is 2.28. The highest BCUT2D eigenvalue weighted by molar-refractivity contribution is 7.99. The lowest BCUT2D eigenvalue weighted by Crippen LogP contribution is -2.42. The summed E-state index contributed by atoms with van der Waals surface area (Å²) in [6.45, 7) is 1.42. The molecule has 8 heteroatoms. The zero-order chi connectivity index (χ0) is 17.6. The third-order valence-electron chi connectivity index (χ3n) is 4.00. The number of sulfonamides is 1. The Labute approximate surface area is 147 Å². The van der Waals surface area contributed by atoms with E-state index in [4.69, 9.17) is 0 Å². The van der Waals surface area contributed by atoms with Crippen molar-refractivity contribution < 1.29 is 17.6 Å². The number of carbonyl (C=O) groups is 1. The fraction of sp³-hybridized carbons (Fsp3) is 0.562. The second-order valence-electron chi connectivity index (χ2n) is 5.88. The van der Waals surface area contributed by atoms with E-state index < -0.39 is 10.0 Å². The molecule has 1 aromatic carbocycles. The van der Waals surface area contributed by atoms with Crippen molar-refractivity contribution >= 4 is 27.7 Å². The molecule has 0 atom stereocenters. The van der Waals surface area contributed by atoms with Gasteiger partial charge in [0.25, 0.3) is 0 Å². The summed E-state index contributed by atoms with van der Waals surface area (Å²) >= 11 is 1.63. The highest BCUT2D eigenvalue weighted by atomic mass is 32.2. The van der Waals surface area contributed by atoms with Gasteiger partial charge >= 0.3 is 0 Å². The van der Waals surface area contributed by atoms with E-state index in [9.17, 15) is 17.6 Å². The number of carbonyl (C=O) groups excluding carboxylic acids is 1. The van der Waals surface area contributed by atoms with Crippen LogP contribution in [0.4, 0.5) is 4.39 Å². The van der Waals surface area contributed by atoms with Gasteiger partial charge in [0.15, 0.2) is 0 Å². The number of piperidine rings is 1. The molecule has 24 heavy (non-hydrogen) atoms. The quantitative estimate of drug-likeness (QED) is 0.586. The molecule has 5 nitrogen and oxygen atoms in total. The Hall–Kier alpha value is -1.12. The molecule has 1 amide bonds. The predicted molar refractivity (Wildman–Crippen MR) is 93.9 cm³/mol. The molecule has 2 rings (SSSR count). The van der Waals surface area contributed by atoms with Crippen molar-refractivity contribution in [3.05, 3.63) is 30.1 Å². The second kappa shape index (κ2) is 8.82. The summed E-state index contributed by atoms with van der Waals surface area (Å²) in [4.78, 5) is 13.1. The molecule has 0 aromatic heterocycles. The van der Waals surface area contributed by atoms with Crippen LogP contribution in [0.1, 0.15) is 19.3 Å². The first kappa shape index (κ1) is 19.2. The van der Waals surface area contributed by atoms with E-state index in [0.717, 1.165) is 17.1 Å². The summed E-state index contributed by atoms with van der Waals surface area (Å²) in [5.74, 6) is 0.509. The summed E-state index contributed by atoms with van der Waals surface area (Å²) in [6, 6.07) is 6.36. The number of rotatable bonds is 7. The van der Waals surface area contributed by atoms with Gasteiger partial charge in [0.1, 0.15) is 5.82 Å². The van der Waals surface area contributed by atoms with Crippen LogP contribution in [-0.4, -0.2) is 50.3 Å². The van der Waals surface area contributed by atoms with Crippen molar-refractivity contribution in [1.82, 2.24) is 9.62 Å². The summed E-state index contributed by atoms with van der Waals surface area (Å²) in [7, 11) is -3.15. The molecule has 0 saturated carbocycles. The molecular formula is C16H23FN2O3S2. The zero-order valence-corrected chi connectivity index (χ0v) is 15.3. The number of benzene rings is 1. The Bertz CT molecular complexity index is 642. The van der Waals surface area contributed by atoms with Gasteiger partial charge in [0.2, 0.25) is 15.9 Å². The van der Waals surface area contributed by atoms with Crippen molar-refractivity contribution in [3.8, 4) is 0 Å². The van der Waals surface area contributed by atoms with Crippen LogP contribution in [0.2, 0.25) is 0 Å². The molecule has 0 bridgehead atoms. The van der Waals surface area contributed by atoms with Crippen LogP contribution in [0.3, 0.4) is 0 Å². The van der Waals surface area contributed by atoms with Gasteiger partial charge < -0.3 is 5.32 Å². The van der Waals surface area contributed by atoms with E-state index >= 15 is 0 Å². The molecule has 1 aromatic rings. The fourth-order valence-corrected chi connectivity index (χ4v) is 4.33. The summed E-state index contributed by atoms with van der Waals surface area (Å²) in [6.07, 6.45) is 3.18. The zero-order valence-electron chi connectivity index (χ0n) is 13.7. The Morgan fingerprint density at radius 3 is 2.50 bits per heavy atom. The molecular weight excluding hydrogens is 351 g/mol. The van der Waals surface area contributed by atoms with E-state index in [1.807, 2.05) is 0 Å². The predicted octanol–water partition coefficient (Wildman–Crippen LogP) is 2.10. The van der Waals surface area contributed by atoms with Crippen molar-refractivity contribution in [2.45, 2.75) is 24.2 Å². The minimum Gasteiger partial charge on any atom is -0.356 e. The van der Waals surface area contributed by atoms with Crippen LogP contribution in [0.15, 0.2) is 29.2 Å². The monoisotopic (exact) mass is 374 g/mol. The van der Waals surface area contributed by atoms with Crippen molar-refractivity contribution in [2.24, 2.45) is 5.92 Å². The SMILES string of the molecule is CS(=O)(=O)N1CCC(C(=O)NCCCSc2ccc(F)cc2)CC1. The minimum atomic E-state index is -3.15. The normalized spacial score (nSPS) is 16.9. The Kier molecular flexibility index (Phi) is 7.06. The Morgan fingerprint density at radius 2 is 1.92 bits per heavy atom. The molecule has 0 spiro atoms. The first-order chi connectivity index (χ1) is 11.4. The largest absolute Gasteiger partial charge is 0.356 e. The molecule has 1 aliphatic rings. The fourth-order valence-electron chi connectivity index (χ4n) is 2.60. The van der Waals surface area contributed by atoms with E-state index in [-0.39, 0.29) is 17.6 Å². The van der Waals surface area contributed by atoms with Gasteiger partial charge in [-0.25, -0.2) is 17.1 Å². The maximum absolute atomic E-state index is 12.8. The molecule has 0 aliphatic carbocycles. The lowest BCUT2D eigenvalue weighted by atomic mass is 9.97. The number of hydrogen-bond donors (Lipinski definition) is 1. The first-order valence-electron chi connectivity index (χ1n) is 7.97. The van der Waals surface area contributed by atoms with Crippen LogP contribution in [-0.2, 0) is 14.8 Å². The second-order valence-corrected chi connectivity index (χ2v) is 9.03. The van der Waals surface area contributed by atoms with Crippen LogP contribution in [0.5, 0.6) is 0 Å². The van der Waals surface area contributed by atoms with Crippen LogP contribution in [0.25, 0.3) is 0 Å². The number of amides is 1. The molecule has 0 unspecified atom stereocenters. The molecule has 134 valence electrons. The van der Waals surface area contributed by atoms with Gasteiger partial charge in [-0.3, -0.25) is 4.79 Å². The van der Waals surface area contributed by atoms with Gasteiger partial charge in [-0.2, -0.15) is 0 Å². The molecule has 1 N–H and O–H groups in total. The van der Waals surface area contributed by atoms with E-state index in [1.54, 1.807) is 23.9 Å². The number of nitrogens with zero attached hydrogens (tertiary/aromatic N) is 1. The van der Waals surface area contributed by atoms with Crippen molar-refractivity contribution in [3.63, 3.8) is 0 Å². The number of nitrogens with one attached hydrogen (secondary N) is 1. The van der Waals surface area contributed by atoms with Crippen LogP contribution >= 0.6 is 11.8 Å². The smallest absolute Gasteiger partial charge is 0.223 e. The molecule has 0 radical (unpaired) electrons. The van der Waals surface area contributed by atoms with Gasteiger partial charge in [0, 0.05) is 30.4 Å².